The van der Waals surface area contributed by atoms with Gasteiger partial charge in [-0.3, -0.25) is 4.79 Å². The van der Waals surface area contributed by atoms with Crippen LogP contribution in [0.2, 0.25) is 5.02 Å². The van der Waals surface area contributed by atoms with E-state index in [1.54, 1.807) is 30.3 Å². The van der Waals surface area contributed by atoms with Crippen LogP contribution in [0.5, 0.6) is 5.75 Å². The molecule has 0 radical (unpaired) electrons. The first-order valence-corrected chi connectivity index (χ1v) is 6.76. The van der Waals surface area contributed by atoms with Gasteiger partial charge in [0.25, 0.3) is 5.91 Å². The molecule has 0 atom stereocenters. The molecule has 0 saturated heterocycles. The van der Waals surface area contributed by atoms with E-state index in [4.69, 9.17) is 11.6 Å². The van der Waals surface area contributed by atoms with Gasteiger partial charge in [-0.25, -0.2) is 0 Å². The van der Waals surface area contributed by atoms with Crippen molar-refractivity contribution in [1.29, 1.82) is 0 Å². The number of benzene rings is 2. The molecule has 104 valence electrons. The Hall–Kier alpha value is -2.00. The van der Waals surface area contributed by atoms with Crippen LogP contribution in [0.3, 0.4) is 0 Å². The van der Waals surface area contributed by atoms with Crippen molar-refractivity contribution >= 4 is 17.5 Å². The average Bonchev–Trinajstić information content (AvgIpc) is 2.44. The standard InChI is InChI=1S/C16H16ClNO2/c1-11-10-13(4-7-15(11)17)16(20)18-9-8-12-2-5-14(19)6-3-12/h2-7,10,19H,8-9H2,1H3,(H,18,20). The van der Waals surface area contributed by atoms with Crippen molar-refractivity contribution in [2.24, 2.45) is 0 Å². The maximum Gasteiger partial charge on any atom is 0.251 e. The van der Waals surface area contributed by atoms with Crippen molar-refractivity contribution in [3.05, 3.63) is 64.2 Å². The lowest BCUT2D eigenvalue weighted by molar-refractivity contribution is 0.0954. The summed E-state index contributed by atoms with van der Waals surface area (Å²) in [6.45, 7) is 2.42. The average molecular weight is 290 g/mol. The summed E-state index contributed by atoms with van der Waals surface area (Å²) in [5.41, 5.74) is 2.56. The van der Waals surface area contributed by atoms with E-state index in [-0.39, 0.29) is 11.7 Å². The van der Waals surface area contributed by atoms with E-state index in [9.17, 15) is 9.90 Å². The lowest BCUT2D eigenvalue weighted by Crippen LogP contribution is -2.25. The lowest BCUT2D eigenvalue weighted by Gasteiger charge is -2.07. The van der Waals surface area contributed by atoms with E-state index in [0.717, 1.165) is 17.5 Å². The van der Waals surface area contributed by atoms with Gasteiger partial charge in [-0.15, -0.1) is 0 Å². The van der Waals surface area contributed by atoms with Crippen LogP contribution >= 0.6 is 11.6 Å². The summed E-state index contributed by atoms with van der Waals surface area (Å²) in [6, 6.07) is 12.2. The van der Waals surface area contributed by atoms with Crippen LogP contribution in [0.4, 0.5) is 0 Å². The van der Waals surface area contributed by atoms with Crippen molar-refractivity contribution in [1.82, 2.24) is 5.32 Å². The zero-order valence-electron chi connectivity index (χ0n) is 11.2. The Balaban J connectivity index is 1.88. The quantitative estimate of drug-likeness (QED) is 0.907. The van der Waals surface area contributed by atoms with Gasteiger partial charge in [0.1, 0.15) is 5.75 Å². The first kappa shape index (κ1) is 14.4. The maximum absolute atomic E-state index is 12.0. The predicted molar refractivity (Wildman–Crippen MR) is 80.3 cm³/mol. The molecule has 0 aliphatic rings. The summed E-state index contributed by atoms with van der Waals surface area (Å²) < 4.78 is 0. The molecule has 0 bridgehead atoms. The maximum atomic E-state index is 12.0. The number of hydrogen-bond acceptors (Lipinski definition) is 2. The minimum Gasteiger partial charge on any atom is -0.508 e. The predicted octanol–water partition coefficient (Wildman–Crippen LogP) is 3.33. The molecular weight excluding hydrogens is 274 g/mol. The smallest absolute Gasteiger partial charge is 0.251 e. The van der Waals surface area contributed by atoms with Gasteiger partial charge in [0.2, 0.25) is 0 Å². The highest BCUT2D eigenvalue weighted by Crippen LogP contribution is 2.16. The molecule has 20 heavy (non-hydrogen) atoms. The molecule has 2 rings (SSSR count). The number of hydrogen-bond donors (Lipinski definition) is 2. The summed E-state index contributed by atoms with van der Waals surface area (Å²) >= 11 is 5.93. The Morgan fingerprint density at radius 2 is 1.90 bits per heavy atom. The van der Waals surface area contributed by atoms with Gasteiger partial charge in [0.05, 0.1) is 0 Å². The molecule has 0 unspecified atom stereocenters. The monoisotopic (exact) mass is 289 g/mol. The van der Waals surface area contributed by atoms with E-state index in [2.05, 4.69) is 5.32 Å². The molecule has 0 fully saturated rings. The van der Waals surface area contributed by atoms with Crippen molar-refractivity contribution in [2.45, 2.75) is 13.3 Å². The molecule has 0 aromatic heterocycles. The van der Waals surface area contributed by atoms with Crippen molar-refractivity contribution in [3.63, 3.8) is 0 Å². The minimum absolute atomic E-state index is 0.108. The van der Waals surface area contributed by atoms with Crippen molar-refractivity contribution in [3.8, 4) is 5.75 Å². The van der Waals surface area contributed by atoms with Gasteiger partial charge in [0.15, 0.2) is 0 Å². The number of phenols is 1. The van der Waals surface area contributed by atoms with E-state index in [1.165, 1.54) is 0 Å². The largest absolute Gasteiger partial charge is 0.508 e. The summed E-state index contributed by atoms with van der Waals surface area (Å²) in [5, 5.41) is 12.7. The molecule has 0 heterocycles. The highest BCUT2D eigenvalue weighted by molar-refractivity contribution is 6.31. The number of aryl methyl sites for hydroxylation is 1. The highest BCUT2D eigenvalue weighted by atomic mass is 35.5. The zero-order chi connectivity index (χ0) is 14.5. The fourth-order valence-electron chi connectivity index (χ4n) is 1.87. The summed E-state index contributed by atoms with van der Waals surface area (Å²) in [6.07, 6.45) is 0.721. The van der Waals surface area contributed by atoms with E-state index in [0.29, 0.717) is 17.1 Å². The molecule has 2 aromatic carbocycles. The summed E-state index contributed by atoms with van der Waals surface area (Å²) in [7, 11) is 0. The molecule has 2 N–H and O–H groups in total. The van der Waals surface area contributed by atoms with Crippen LogP contribution < -0.4 is 5.32 Å². The second-order valence-corrected chi connectivity index (χ2v) is 5.04. The Morgan fingerprint density at radius 1 is 1.20 bits per heavy atom. The molecule has 4 heteroatoms. The topological polar surface area (TPSA) is 49.3 Å². The number of rotatable bonds is 4. The third kappa shape index (κ3) is 3.75. The van der Waals surface area contributed by atoms with Gasteiger partial charge in [-0.2, -0.15) is 0 Å². The third-order valence-corrected chi connectivity index (χ3v) is 3.48. The van der Waals surface area contributed by atoms with Crippen molar-refractivity contribution < 1.29 is 9.90 Å². The van der Waals surface area contributed by atoms with Crippen LogP contribution in [0.1, 0.15) is 21.5 Å². The normalized spacial score (nSPS) is 10.3. The zero-order valence-corrected chi connectivity index (χ0v) is 11.9. The summed E-state index contributed by atoms with van der Waals surface area (Å²) in [5.74, 6) is 0.137. The summed E-state index contributed by atoms with van der Waals surface area (Å²) in [4.78, 5) is 12.0. The first-order valence-electron chi connectivity index (χ1n) is 6.38. The molecular formula is C16H16ClNO2. The highest BCUT2D eigenvalue weighted by Gasteiger charge is 2.06. The van der Waals surface area contributed by atoms with E-state index < -0.39 is 0 Å². The van der Waals surface area contributed by atoms with Crippen LogP contribution in [0.25, 0.3) is 0 Å². The Labute approximate surface area is 123 Å². The Morgan fingerprint density at radius 3 is 2.55 bits per heavy atom. The van der Waals surface area contributed by atoms with Crippen molar-refractivity contribution in [2.75, 3.05) is 6.54 Å². The lowest BCUT2D eigenvalue weighted by atomic mass is 10.1. The number of carbonyl (C=O) groups excluding carboxylic acids is 1. The minimum atomic E-state index is -0.108. The van der Waals surface area contributed by atoms with Crippen LogP contribution in [-0.2, 0) is 6.42 Å². The number of nitrogens with one attached hydrogen (secondary N) is 1. The molecule has 0 spiro atoms. The Kier molecular flexibility index (Phi) is 4.64. The van der Waals surface area contributed by atoms with E-state index in [1.807, 2.05) is 19.1 Å². The van der Waals surface area contributed by atoms with Crippen LogP contribution in [0.15, 0.2) is 42.5 Å². The number of phenolic OH excluding ortho intramolecular Hbond substituents is 1. The van der Waals surface area contributed by atoms with Gasteiger partial charge < -0.3 is 10.4 Å². The molecule has 0 aliphatic heterocycles. The van der Waals surface area contributed by atoms with Crippen LogP contribution in [-0.4, -0.2) is 17.6 Å². The number of halogens is 1. The number of aromatic hydroxyl groups is 1. The SMILES string of the molecule is Cc1cc(C(=O)NCCc2ccc(O)cc2)ccc1Cl. The van der Waals surface area contributed by atoms with Gasteiger partial charge >= 0.3 is 0 Å². The molecule has 0 aliphatic carbocycles. The van der Waals surface area contributed by atoms with Crippen LogP contribution in [0, 0.1) is 6.92 Å². The molecule has 0 saturated carbocycles. The van der Waals surface area contributed by atoms with E-state index >= 15 is 0 Å². The van der Waals surface area contributed by atoms with Gasteiger partial charge in [-0.05, 0) is 54.8 Å². The number of amides is 1. The third-order valence-electron chi connectivity index (χ3n) is 3.06. The van der Waals surface area contributed by atoms with Gasteiger partial charge in [-0.1, -0.05) is 23.7 Å². The fourth-order valence-corrected chi connectivity index (χ4v) is 1.99. The molecule has 1 amide bonds. The fraction of sp³-hybridized carbons (Fsp3) is 0.188. The molecule has 2 aromatic rings. The second kappa shape index (κ2) is 6.44. The number of carbonyl (C=O) groups is 1. The second-order valence-electron chi connectivity index (χ2n) is 4.64. The first-order chi connectivity index (χ1) is 9.56. The molecule has 3 nitrogen and oxygen atoms in total. The van der Waals surface area contributed by atoms with Gasteiger partial charge in [0, 0.05) is 17.1 Å². The Bertz CT molecular complexity index is 608.